The van der Waals surface area contributed by atoms with E-state index in [0.717, 1.165) is 11.0 Å². The summed E-state index contributed by atoms with van der Waals surface area (Å²) in [6.45, 7) is 0.772. The van der Waals surface area contributed by atoms with Gasteiger partial charge in [-0.3, -0.25) is 0 Å². The zero-order chi connectivity index (χ0) is 14.5. The molecule has 0 radical (unpaired) electrons. The van der Waals surface area contributed by atoms with Crippen molar-refractivity contribution in [2.24, 2.45) is 0 Å². The summed E-state index contributed by atoms with van der Waals surface area (Å²) in [5, 5.41) is 3.74. The van der Waals surface area contributed by atoms with Crippen molar-refractivity contribution < 1.29 is 4.39 Å². The summed E-state index contributed by atoms with van der Waals surface area (Å²) in [7, 11) is 1.90. The summed E-state index contributed by atoms with van der Waals surface area (Å²) >= 11 is 9.53. The highest BCUT2D eigenvalue weighted by atomic mass is 79.9. The van der Waals surface area contributed by atoms with E-state index in [1.807, 2.05) is 25.2 Å². The van der Waals surface area contributed by atoms with Gasteiger partial charge in [0.2, 0.25) is 0 Å². The molecule has 0 aliphatic carbocycles. The second-order valence-electron chi connectivity index (χ2n) is 4.72. The SMILES string of the molecule is CNCC(Cc1cc(Cl)ccc1F)c1ccccc1Br. The molecule has 0 spiro atoms. The molecule has 20 heavy (non-hydrogen) atoms. The summed E-state index contributed by atoms with van der Waals surface area (Å²) in [6.07, 6.45) is 0.607. The molecule has 0 bridgehead atoms. The van der Waals surface area contributed by atoms with Crippen LogP contribution < -0.4 is 5.32 Å². The zero-order valence-electron chi connectivity index (χ0n) is 11.2. The molecule has 2 aromatic carbocycles. The average Bonchev–Trinajstić information content (AvgIpc) is 2.43. The fourth-order valence-corrected chi connectivity index (χ4v) is 3.11. The van der Waals surface area contributed by atoms with Gasteiger partial charge in [0.25, 0.3) is 0 Å². The van der Waals surface area contributed by atoms with Crippen molar-refractivity contribution in [2.75, 3.05) is 13.6 Å². The lowest BCUT2D eigenvalue weighted by molar-refractivity contribution is 0.573. The number of hydrogen-bond acceptors (Lipinski definition) is 1. The Bertz CT molecular complexity index is 588. The minimum absolute atomic E-state index is 0.184. The molecule has 2 rings (SSSR count). The highest BCUT2D eigenvalue weighted by Gasteiger charge is 2.16. The molecule has 106 valence electrons. The maximum atomic E-state index is 13.9. The molecule has 1 unspecified atom stereocenters. The van der Waals surface area contributed by atoms with E-state index in [1.165, 1.54) is 11.6 Å². The predicted octanol–water partition coefficient (Wildman–Crippen LogP) is 4.79. The Labute approximate surface area is 132 Å². The third-order valence-corrected chi connectivity index (χ3v) is 4.23. The van der Waals surface area contributed by atoms with E-state index in [4.69, 9.17) is 11.6 Å². The van der Waals surface area contributed by atoms with Crippen LogP contribution in [0.5, 0.6) is 0 Å². The molecule has 0 aliphatic heterocycles. The van der Waals surface area contributed by atoms with Gasteiger partial charge in [-0.25, -0.2) is 4.39 Å². The Hall–Kier alpha value is -0.900. The summed E-state index contributed by atoms with van der Waals surface area (Å²) in [6, 6.07) is 12.7. The van der Waals surface area contributed by atoms with Crippen LogP contribution in [0.4, 0.5) is 4.39 Å². The van der Waals surface area contributed by atoms with Crippen molar-refractivity contribution in [3.05, 3.63) is 68.9 Å². The third kappa shape index (κ3) is 3.81. The summed E-state index contributed by atoms with van der Waals surface area (Å²) < 4.78 is 14.9. The number of halogens is 3. The number of nitrogens with one attached hydrogen (secondary N) is 1. The number of rotatable bonds is 5. The molecule has 4 heteroatoms. The number of benzene rings is 2. The van der Waals surface area contributed by atoms with Gasteiger partial charge in [0.1, 0.15) is 5.82 Å². The Morgan fingerprint density at radius 3 is 2.70 bits per heavy atom. The van der Waals surface area contributed by atoms with Crippen LogP contribution in [0, 0.1) is 5.82 Å². The normalized spacial score (nSPS) is 12.4. The topological polar surface area (TPSA) is 12.0 Å². The fourth-order valence-electron chi connectivity index (χ4n) is 2.31. The van der Waals surface area contributed by atoms with E-state index in [9.17, 15) is 4.39 Å². The largest absolute Gasteiger partial charge is 0.319 e. The van der Waals surface area contributed by atoms with E-state index in [2.05, 4.69) is 27.3 Å². The Morgan fingerprint density at radius 2 is 2.00 bits per heavy atom. The van der Waals surface area contributed by atoms with E-state index in [1.54, 1.807) is 12.1 Å². The zero-order valence-corrected chi connectivity index (χ0v) is 13.5. The quantitative estimate of drug-likeness (QED) is 0.812. The summed E-state index contributed by atoms with van der Waals surface area (Å²) in [5.74, 6) is -0.0221. The van der Waals surface area contributed by atoms with Gasteiger partial charge in [-0.15, -0.1) is 0 Å². The van der Waals surface area contributed by atoms with Crippen LogP contribution in [0.3, 0.4) is 0 Å². The predicted molar refractivity (Wildman–Crippen MR) is 85.9 cm³/mol. The van der Waals surface area contributed by atoms with Gasteiger partial charge in [0, 0.05) is 22.0 Å². The van der Waals surface area contributed by atoms with Crippen LogP contribution in [0.25, 0.3) is 0 Å². The molecule has 0 saturated heterocycles. The lowest BCUT2D eigenvalue weighted by atomic mass is 9.91. The molecule has 1 nitrogen and oxygen atoms in total. The van der Waals surface area contributed by atoms with Gasteiger partial charge in [-0.2, -0.15) is 0 Å². The fraction of sp³-hybridized carbons (Fsp3) is 0.250. The van der Waals surface area contributed by atoms with Crippen LogP contribution in [0.2, 0.25) is 5.02 Å². The highest BCUT2D eigenvalue weighted by Crippen LogP contribution is 2.29. The summed E-state index contributed by atoms with van der Waals surface area (Å²) in [5.41, 5.74) is 1.81. The second-order valence-corrected chi connectivity index (χ2v) is 6.01. The van der Waals surface area contributed by atoms with E-state index in [-0.39, 0.29) is 11.7 Å². The molecule has 0 aliphatic rings. The molecular formula is C16H16BrClFN. The van der Waals surface area contributed by atoms with Crippen molar-refractivity contribution in [2.45, 2.75) is 12.3 Å². The van der Waals surface area contributed by atoms with Gasteiger partial charge in [-0.1, -0.05) is 45.7 Å². The molecule has 0 heterocycles. The minimum atomic E-state index is -0.206. The summed E-state index contributed by atoms with van der Waals surface area (Å²) in [4.78, 5) is 0. The minimum Gasteiger partial charge on any atom is -0.319 e. The molecule has 1 atom stereocenters. The van der Waals surface area contributed by atoms with E-state index >= 15 is 0 Å². The van der Waals surface area contributed by atoms with Crippen LogP contribution >= 0.6 is 27.5 Å². The van der Waals surface area contributed by atoms with Gasteiger partial charge < -0.3 is 5.32 Å². The van der Waals surface area contributed by atoms with Crippen molar-refractivity contribution in [3.8, 4) is 0 Å². The van der Waals surface area contributed by atoms with Crippen LogP contribution in [0.1, 0.15) is 17.0 Å². The van der Waals surface area contributed by atoms with Crippen LogP contribution in [-0.4, -0.2) is 13.6 Å². The van der Waals surface area contributed by atoms with E-state index < -0.39 is 0 Å². The molecule has 2 aromatic rings. The number of likely N-dealkylation sites (N-methyl/N-ethyl adjacent to an activating group) is 1. The van der Waals surface area contributed by atoms with Gasteiger partial charge in [-0.05, 0) is 48.9 Å². The van der Waals surface area contributed by atoms with Gasteiger partial charge >= 0.3 is 0 Å². The van der Waals surface area contributed by atoms with Crippen LogP contribution in [0.15, 0.2) is 46.9 Å². The van der Waals surface area contributed by atoms with Crippen LogP contribution in [-0.2, 0) is 6.42 Å². The Kier molecular flexibility index (Phi) is 5.58. The molecule has 0 aromatic heterocycles. The van der Waals surface area contributed by atoms with Crippen molar-refractivity contribution in [1.82, 2.24) is 5.32 Å². The first kappa shape index (κ1) is 15.5. The molecule has 1 N–H and O–H groups in total. The van der Waals surface area contributed by atoms with Gasteiger partial charge in [0.05, 0.1) is 0 Å². The van der Waals surface area contributed by atoms with Crippen molar-refractivity contribution >= 4 is 27.5 Å². The Morgan fingerprint density at radius 1 is 1.25 bits per heavy atom. The molecular weight excluding hydrogens is 341 g/mol. The smallest absolute Gasteiger partial charge is 0.126 e. The number of hydrogen-bond donors (Lipinski definition) is 1. The first-order valence-electron chi connectivity index (χ1n) is 6.44. The molecule has 0 saturated carbocycles. The molecule has 0 fully saturated rings. The molecule has 0 amide bonds. The second kappa shape index (κ2) is 7.21. The van der Waals surface area contributed by atoms with Crippen molar-refractivity contribution in [1.29, 1.82) is 0 Å². The monoisotopic (exact) mass is 355 g/mol. The average molecular weight is 357 g/mol. The maximum absolute atomic E-state index is 13.9. The lowest BCUT2D eigenvalue weighted by Crippen LogP contribution is -2.20. The van der Waals surface area contributed by atoms with Gasteiger partial charge in [0.15, 0.2) is 0 Å². The standard InChI is InChI=1S/C16H16BrClFN/c1-20-10-12(14-4-2-3-5-15(14)17)8-11-9-13(18)6-7-16(11)19/h2-7,9,12,20H,8,10H2,1H3. The first-order valence-corrected chi connectivity index (χ1v) is 7.62. The lowest BCUT2D eigenvalue weighted by Gasteiger charge is -2.19. The van der Waals surface area contributed by atoms with E-state index in [0.29, 0.717) is 17.0 Å². The first-order chi connectivity index (χ1) is 9.61. The maximum Gasteiger partial charge on any atom is 0.126 e. The third-order valence-electron chi connectivity index (χ3n) is 3.27. The van der Waals surface area contributed by atoms with Crippen molar-refractivity contribution in [3.63, 3.8) is 0 Å². The highest BCUT2D eigenvalue weighted by molar-refractivity contribution is 9.10. The Balaban J connectivity index is 2.30.